The Morgan fingerprint density at radius 3 is 2.15 bits per heavy atom. The standard InChI is InChI=1S/C8H15N3O2/c1-8(4-5-8)6(12)9-10-7(13)11(2)3/h4-5H2,1-3H3,(H,9,12)(H,10,13). The first-order valence-electron chi connectivity index (χ1n) is 4.23. The molecule has 0 aliphatic heterocycles. The second kappa shape index (κ2) is 3.24. The molecule has 2 N–H and O–H groups in total. The highest BCUT2D eigenvalue weighted by atomic mass is 16.2. The largest absolute Gasteiger partial charge is 0.335 e. The monoisotopic (exact) mass is 185 g/mol. The van der Waals surface area contributed by atoms with Gasteiger partial charge in [0, 0.05) is 19.5 Å². The summed E-state index contributed by atoms with van der Waals surface area (Å²) in [4.78, 5) is 23.7. The molecule has 0 radical (unpaired) electrons. The number of hydrazine groups is 1. The van der Waals surface area contributed by atoms with Crippen LogP contribution in [0.5, 0.6) is 0 Å². The third kappa shape index (κ3) is 2.34. The van der Waals surface area contributed by atoms with E-state index in [1.807, 2.05) is 6.92 Å². The van der Waals surface area contributed by atoms with Crippen LogP contribution in [0.25, 0.3) is 0 Å². The molecule has 1 aliphatic rings. The van der Waals surface area contributed by atoms with Crippen LogP contribution in [0, 0.1) is 5.41 Å². The molecule has 0 atom stereocenters. The number of carbonyl (C=O) groups excluding carboxylic acids is 2. The fraction of sp³-hybridized carbons (Fsp3) is 0.750. The predicted octanol–water partition coefficient (Wildman–Crippen LogP) is 0.0889. The zero-order valence-corrected chi connectivity index (χ0v) is 8.18. The third-order valence-corrected chi connectivity index (χ3v) is 2.24. The quantitative estimate of drug-likeness (QED) is 0.569. The van der Waals surface area contributed by atoms with E-state index in [0.29, 0.717) is 0 Å². The fourth-order valence-electron chi connectivity index (χ4n) is 0.787. The van der Waals surface area contributed by atoms with Crippen molar-refractivity contribution in [1.29, 1.82) is 0 Å². The minimum Gasteiger partial charge on any atom is -0.330 e. The van der Waals surface area contributed by atoms with E-state index in [4.69, 9.17) is 0 Å². The molecule has 0 aromatic heterocycles. The molecule has 1 rings (SSSR count). The Hall–Kier alpha value is -1.26. The second-order valence-corrected chi connectivity index (χ2v) is 3.84. The fourth-order valence-corrected chi connectivity index (χ4v) is 0.787. The van der Waals surface area contributed by atoms with Gasteiger partial charge in [0.05, 0.1) is 0 Å². The van der Waals surface area contributed by atoms with Crippen molar-refractivity contribution in [1.82, 2.24) is 15.8 Å². The van der Waals surface area contributed by atoms with E-state index in [-0.39, 0.29) is 17.4 Å². The molecule has 5 nitrogen and oxygen atoms in total. The lowest BCUT2D eigenvalue weighted by molar-refractivity contribution is -0.126. The summed E-state index contributed by atoms with van der Waals surface area (Å²) in [5.74, 6) is -0.109. The Kier molecular flexibility index (Phi) is 2.45. The van der Waals surface area contributed by atoms with Crippen LogP contribution in [0.3, 0.4) is 0 Å². The normalized spacial score (nSPS) is 17.5. The lowest BCUT2D eigenvalue weighted by atomic mass is 10.1. The van der Waals surface area contributed by atoms with Crippen LogP contribution >= 0.6 is 0 Å². The number of hydrogen-bond donors (Lipinski definition) is 2. The molecule has 1 saturated carbocycles. The number of nitrogens with zero attached hydrogens (tertiary/aromatic N) is 1. The van der Waals surface area contributed by atoms with Gasteiger partial charge in [-0.2, -0.15) is 0 Å². The van der Waals surface area contributed by atoms with Crippen LogP contribution in [-0.2, 0) is 4.79 Å². The summed E-state index contributed by atoms with van der Waals surface area (Å²) in [6.07, 6.45) is 1.80. The number of urea groups is 1. The van der Waals surface area contributed by atoms with Crippen LogP contribution in [0.4, 0.5) is 4.79 Å². The Morgan fingerprint density at radius 2 is 1.77 bits per heavy atom. The molecule has 0 spiro atoms. The molecule has 5 heteroatoms. The van der Waals surface area contributed by atoms with E-state index in [1.54, 1.807) is 14.1 Å². The number of amides is 3. The van der Waals surface area contributed by atoms with Gasteiger partial charge in [0.1, 0.15) is 0 Å². The van der Waals surface area contributed by atoms with Gasteiger partial charge in [-0.25, -0.2) is 10.2 Å². The van der Waals surface area contributed by atoms with Gasteiger partial charge in [0.15, 0.2) is 0 Å². The Labute approximate surface area is 77.4 Å². The summed E-state index contributed by atoms with van der Waals surface area (Å²) in [5.41, 5.74) is 4.45. The van der Waals surface area contributed by atoms with Crippen molar-refractivity contribution < 1.29 is 9.59 Å². The van der Waals surface area contributed by atoms with Gasteiger partial charge in [-0.3, -0.25) is 10.2 Å². The van der Waals surface area contributed by atoms with Crippen molar-refractivity contribution in [2.75, 3.05) is 14.1 Å². The highest BCUT2D eigenvalue weighted by Gasteiger charge is 2.45. The zero-order chi connectivity index (χ0) is 10.1. The minimum absolute atomic E-state index is 0.109. The summed E-state index contributed by atoms with van der Waals surface area (Å²) >= 11 is 0. The lowest BCUT2D eigenvalue weighted by Crippen LogP contribution is -2.48. The first-order valence-corrected chi connectivity index (χ1v) is 4.23. The average Bonchev–Trinajstić information content (AvgIpc) is 2.79. The molecule has 0 saturated heterocycles. The van der Waals surface area contributed by atoms with Crippen LogP contribution in [0.15, 0.2) is 0 Å². The molecule has 3 amide bonds. The van der Waals surface area contributed by atoms with Crippen LogP contribution < -0.4 is 10.9 Å². The highest BCUT2D eigenvalue weighted by molar-refractivity contribution is 5.86. The van der Waals surface area contributed by atoms with Crippen LogP contribution in [0.1, 0.15) is 19.8 Å². The van der Waals surface area contributed by atoms with Crippen molar-refractivity contribution in [3.8, 4) is 0 Å². The SMILES string of the molecule is CN(C)C(=O)NNC(=O)C1(C)CC1. The Balaban J connectivity index is 2.27. The van der Waals surface area contributed by atoms with Crippen LogP contribution in [0.2, 0.25) is 0 Å². The average molecular weight is 185 g/mol. The van der Waals surface area contributed by atoms with Gasteiger partial charge < -0.3 is 4.90 Å². The Morgan fingerprint density at radius 1 is 1.23 bits per heavy atom. The molecule has 1 aliphatic carbocycles. The highest BCUT2D eigenvalue weighted by Crippen LogP contribution is 2.44. The number of hydrogen-bond acceptors (Lipinski definition) is 2. The molecular formula is C8H15N3O2. The van der Waals surface area contributed by atoms with Gasteiger partial charge >= 0.3 is 6.03 Å². The first-order chi connectivity index (χ1) is 5.96. The van der Waals surface area contributed by atoms with Crippen molar-refractivity contribution >= 4 is 11.9 Å². The maximum atomic E-state index is 11.3. The molecule has 0 heterocycles. The number of carbonyl (C=O) groups is 2. The van der Waals surface area contributed by atoms with E-state index in [9.17, 15) is 9.59 Å². The second-order valence-electron chi connectivity index (χ2n) is 3.84. The van der Waals surface area contributed by atoms with E-state index >= 15 is 0 Å². The third-order valence-electron chi connectivity index (χ3n) is 2.24. The molecule has 0 unspecified atom stereocenters. The van der Waals surface area contributed by atoms with Gasteiger partial charge in [0.25, 0.3) is 0 Å². The maximum absolute atomic E-state index is 11.3. The number of rotatable bonds is 1. The molecule has 13 heavy (non-hydrogen) atoms. The van der Waals surface area contributed by atoms with Gasteiger partial charge in [-0.1, -0.05) is 6.92 Å². The van der Waals surface area contributed by atoms with Crippen molar-refractivity contribution in [3.63, 3.8) is 0 Å². The summed E-state index contributed by atoms with van der Waals surface area (Å²) in [6, 6.07) is -0.322. The Bertz CT molecular complexity index is 234. The van der Waals surface area contributed by atoms with E-state index < -0.39 is 0 Å². The molecule has 74 valence electrons. The zero-order valence-electron chi connectivity index (χ0n) is 8.18. The summed E-state index contributed by atoms with van der Waals surface area (Å²) < 4.78 is 0. The van der Waals surface area contributed by atoms with Crippen LogP contribution in [-0.4, -0.2) is 30.9 Å². The minimum atomic E-state index is -0.322. The topological polar surface area (TPSA) is 61.4 Å². The van der Waals surface area contributed by atoms with E-state index in [0.717, 1.165) is 12.8 Å². The summed E-state index contributed by atoms with van der Waals surface area (Å²) in [7, 11) is 3.22. The van der Waals surface area contributed by atoms with E-state index in [1.165, 1.54) is 4.90 Å². The smallest absolute Gasteiger partial charge is 0.330 e. The van der Waals surface area contributed by atoms with Crippen molar-refractivity contribution in [2.45, 2.75) is 19.8 Å². The first kappa shape index (κ1) is 9.83. The summed E-state index contributed by atoms with van der Waals surface area (Å²) in [5, 5.41) is 0. The molecule has 0 bridgehead atoms. The molecule has 0 aromatic carbocycles. The molecule has 0 aromatic rings. The van der Waals surface area contributed by atoms with Gasteiger partial charge in [-0.05, 0) is 12.8 Å². The van der Waals surface area contributed by atoms with Gasteiger partial charge in [-0.15, -0.1) is 0 Å². The van der Waals surface area contributed by atoms with Crippen molar-refractivity contribution in [2.24, 2.45) is 5.41 Å². The summed E-state index contributed by atoms with van der Waals surface area (Å²) in [6.45, 7) is 1.88. The predicted molar refractivity (Wildman–Crippen MR) is 47.7 cm³/mol. The lowest BCUT2D eigenvalue weighted by Gasteiger charge is -2.14. The van der Waals surface area contributed by atoms with Gasteiger partial charge in [0.2, 0.25) is 5.91 Å². The molecule has 1 fully saturated rings. The maximum Gasteiger partial charge on any atom is 0.335 e. The van der Waals surface area contributed by atoms with Crippen molar-refractivity contribution in [3.05, 3.63) is 0 Å². The van der Waals surface area contributed by atoms with E-state index in [2.05, 4.69) is 10.9 Å². The number of nitrogens with one attached hydrogen (secondary N) is 2. The molecular weight excluding hydrogens is 170 g/mol.